The van der Waals surface area contributed by atoms with Crippen molar-refractivity contribution in [3.05, 3.63) is 46.0 Å². The standard InChI is InChI=1S/C20H23N3O7/c1-27-17-11-14(12-18(28-2)19(17)29-3)21-20(24)13-4-5-15(16(10-13)23(25)26)22-6-8-30-9-7-22/h4-5,10-12H,6-9H2,1-3H3,(H,21,24). The molecular formula is C20H23N3O7. The number of rotatable bonds is 7. The van der Waals surface area contributed by atoms with Gasteiger partial charge in [0.05, 0.1) is 39.5 Å². The topological polar surface area (TPSA) is 112 Å². The highest BCUT2D eigenvalue weighted by atomic mass is 16.6. The molecule has 1 amide bonds. The van der Waals surface area contributed by atoms with E-state index in [1.807, 2.05) is 4.90 Å². The summed E-state index contributed by atoms with van der Waals surface area (Å²) in [5.74, 6) is 0.644. The number of ether oxygens (including phenoxy) is 4. The van der Waals surface area contributed by atoms with Gasteiger partial charge in [0.25, 0.3) is 11.6 Å². The van der Waals surface area contributed by atoms with Crippen LogP contribution >= 0.6 is 0 Å². The number of benzene rings is 2. The third-order valence-electron chi connectivity index (χ3n) is 4.71. The quantitative estimate of drug-likeness (QED) is 0.541. The van der Waals surface area contributed by atoms with E-state index >= 15 is 0 Å². The molecule has 1 aliphatic heterocycles. The molecule has 1 aliphatic rings. The minimum Gasteiger partial charge on any atom is -0.493 e. The molecule has 160 valence electrons. The van der Waals surface area contributed by atoms with Crippen LogP contribution in [0.5, 0.6) is 17.2 Å². The molecule has 0 atom stereocenters. The van der Waals surface area contributed by atoms with E-state index in [4.69, 9.17) is 18.9 Å². The van der Waals surface area contributed by atoms with E-state index in [0.29, 0.717) is 54.9 Å². The number of nitro groups is 1. The summed E-state index contributed by atoms with van der Waals surface area (Å²) in [5, 5.41) is 14.3. The summed E-state index contributed by atoms with van der Waals surface area (Å²) in [6, 6.07) is 7.59. The SMILES string of the molecule is COc1cc(NC(=O)c2ccc(N3CCOCC3)c([N+](=O)[O-])c2)cc(OC)c1OC. The van der Waals surface area contributed by atoms with Gasteiger partial charge in [-0.25, -0.2) is 0 Å². The first-order valence-corrected chi connectivity index (χ1v) is 9.21. The molecule has 1 heterocycles. The van der Waals surface area contributed by atoms with E-state index in [-0.39, 0.29) is 11.3 Å². The molecule has 1 N–H and O–H groups in total. The van der Waals surface area contributed by atoms with Crippen LogP contribution in [-0.4, -0.2) is 58.5 Å². The van der Waals surface area contributed by atoms with E-state index in [9.17, 15) is 14.9 Å². The number of nitro benzene ring substituents is 1. The summed E-state index contributed by atoms with van der Waals surface area (Å²) < 4.78 is 21.1. The van der Waals surface area contributed by atoms with Crippen LogP contribution in [0.4, 0.5) is 17.1 Å². The summed E-state index contributed by atoms with van der Waals surface area (Å²) in [6.07, 6.45) is 0. The Morgan fingerprint density at radius 3 is 2.23 bits per heavy atom. The molecule has 0 aliphatic carbocycles. The lowest BCUT2D eigenvalue weighted by atomic mass is 10.1. The molecule has 0 aromatic heterocycles. The smallest absolute Gasteiger partial charge is 0.293 e. The van der Waals surface area contributed by atoms with Gasteiger partial charge in [-0.1, -0.05) is 0 Å². The zero-order chi connectivity index (χ0) is 21.7. The molecule has 0 unspecified atom stereocenters. The van der Waals surface area contributed by atoms with E-state index < -0.39 is 10.8 Å². The summed E-state index contributed by atoms with van der Waals surface area (Å²) in [4.78, 5) is 25.7. The van der Waals surface area contributed by atoms with Gasteiger partial charge < -0.3 is 29.2 Å². The van der Waals surface area contributed by atoms with Crippen molar-refractivity contribution in [3.8, 4) is 17.2 Å². The number of carbonyl (C=O) groups excluding carboxylic acids is 1. The van der Waals surface area contributed by atoms with E-state index in [2.05, 4.69) is 5.32 Å². The molecule has 30 heavy (non-hydrogen) atoms. The maximum absolute atomic E-state index is 12.8. The van der Waals surface area contributed by atoms with Crippen LogP contribution in [0.3, 0.4) is 0 Å². The Labute approximate surface area is 173 Å². The van der Waals surface area contributed by atoms with E-state index in [0.717, 1.165) is 0 Å². The summed E-state index contributed by atoms with van der Waals surface area (Å²) in [5.41, 5.74) is 0.893. The lowest BCUT2D eigenvalue weighted by Gasteiger charge is -2.28. The monoisotopic (exact) mass is 417 g/mol. The van der Waals surface area contributed by atoms with Crippen molar-refractivity contribution in [1.82, 2.24) is 0 Å². The molecule has 2 aromatic rings. The van der Waals surface area contributed by atoms with Crippen molar-refractivity contribution < 1.29 is 28.7 Å². The molecule has 1 saturated heterocycles. The number of hydrogen-bond acceptors (Lipinski definition) is 8. The number of nitrogens with one attached hydrogen (secondary N) is 1. The van der Waals surface area contributed by atoms with Gasteiger partial charge in [-0.15, -0.1) is 0 Å². The highest BCUT2D eigenvalue weighted by Crippen LogP contribution is 2.40. The van der Waals surface area contributed by atoms with Gasteiger partial charge in [-0.2, -0.15) is 0 Å². The minimum absolute atomic E-state index is 0.130. The van der Waals surface area contributed by atoms with Crippen LogP contribution < -0.4 is 24.4 Å². The fourth-order valence-corrected chi connectivity index (χ4v) is 3.24. The maximum atomic E-state index is 12.8. The molecule has 0 bridgehead atoms. The zero-order valence-electron chi connectivity index (χ0n) is 17.0. The third kappa shape index (κ3) is 4.38. The Morgan fingerprint density at radius 2 is 1.70 bits per heavy atom. The number of hydrogen-bond donors (Lipinski definition) is 1. The fourth-order valence-electron chi connectivity index (χ4n) is 3.24. The predicted molar refractivity (Wildman–Crippen MR) is 110 cm³/mol. The van der Waals surface area contributed by atoms with Crippen LogP contribution in [0.1, 0.15) is 10.4 Å². The largest absolute Gasteiger partial charge is 0.493 e. The second-order valence-electron chi connectivity index (χ2n) is 6.43. The second kappa shape index (κ2) is 9.31. The highest BCUT2D eigenvalue weighted by Gasteiger charge is 2.24. The van der Waals surface area contributed by atoms with Gasteiger partial charge in [0.2, 0.25) is 5.75 Å². The molecule has 10 nitrogen and oxygen atoms in total. The Bertz CT molecular complexity index is 917. The summed E-state index contributed by atoms with van der Waals surface area (Å²) in [7, 11) is 4.42. The second-order valence-corrected chi connectivity index (χ2v) is 6.43. The molecule has 10 heteroatoms. The van der Waals surface area contributed by atoms with Gasteiger partial charge in [0.15, 0.2) is 11.5 Å². The van der Waals surface area contributed by atoms with Gasteiger partial charge in [0.1, 0.15) is 5.69 Å². The molecule has 3 rings (SSSR count). The van der Waals surface area contributed by atoms with E-state index in [1.54, 1.807) is 24.3 Å². The first-order chi connectivity index (χ1) is 14.5. The van der Waals surface area contributed by atoms with Crippen molar-refractivity contribution in [2.45, 2.75) is 0 Å². The van der Waals surface area contributed by atoms with Gasteiger partial charge >= 0.3 is 0 Å². The normalized spacial score (nSPS) is 13.5. The first kappa shape index (κ1) is 21.2. The Hall–Kier alpha value is -3.53. The first-order valence-electron chi connectivity index (χ1n) is 9.21. The number of morpholine rings is 1. The number of carbonyl (C=O) groups is 1. The summed E-state index contributed by atoms with van der Waals surface area (Å²) >= 11 is 0. The van der Waals surface area contributed by atoms with E-state index in [1.165, 1.54) is 27.4 Å². The molecule has 0 spiro atoms. The van der Waals surface area contributed by atoms with Crippen molar-refractivity contribution in [2.75, 3.05) is 57.8 Å². The minimum atomic E-state index is -0.499. The van der Waals surface area contributed by atoms with Gasteiger partial charge in [-0.3, -0.25) is 14.9 Å². The lowest BCUT2D eigenvalue weighted by Crippen LogP contribution is -2.36. The van der Waals surface area contributed by atoms with Crippen LogP contribution in [0.25, 0.3) is 0 Å². The molecule has 0 radical (unpaired) electrons. The Kier molecular flexibility index (Phi) is 6.58. The van der Waals surface area contributed by atoms with Crippen molar-refractivity contribution in [3.63, 3.8) is 0 Å². The fraction of sp³-hybridized carbons (Fsp3) is 0.350. The average Bonchev–Trinajstić information content (AvgIpc) is 2.78. The van der Waals surface area contributed by atoms with Crippen molar-refractivity contribution in [2.24, 2.45) is 0 Å². The predicted octanol–water partition coefficient (Wildman–Crippen LogP) is 2.71. The van der Waals surface area contributed by atoms with Crippen molar-refractivity contribution >= 4 is 23.0 Å². The van der Waals surface area contributed by atoms with Crippen LogP contribution in [0, 0.1) is 10.1 Å². The Balaban J connectivity index is 1.88. The van der Waals surface area contributed by atoms with Gasteiger partial charge in [-0.05, 0) is 12.1 Å². The zero-order valence-corrected chi connectivity index (χ0v) is 17.0. The van der Waals surface area contributed by atoms with Crippen LogP contribution in [0.2, 0.25) is 0 Å². The van der Waals surface area contributed by atoms with Crippen LogP contribution in [-0.2, 0) is 4.74 Å². The maximum Gasteiger partial charge on any atom is 0.293 e. The van der Waals surface area contributed by atoms with Gasteiger partial charge in [0, 0.05) is 42.5 Å². The lowest BCUT2D eigenvalue weighted by molar-refractivity contribution is -0.384. The number of anilines is 2. The third-order valence-corrected chi connectivity index (χ3v) is 4.71. The summed E-state index contributed by atoms with van der Waals surface area (Å²) in [6.45, 7) is 2.11. The molecule has 0 saturated carbocycles. The van der Waals surface area contributed by atoms with Crippen LogP contribution in [0.15, 0.2) is 30.3 Å². The average molecular weight is 417 g/mol. The highest BCUT2D eigenvalue weighted by molar-refractivity contribution is 6.05. The number of methoxy groups -OCH3 is 3. The number of amides is 1. The molecular weight excluding hydrogens is 394 g/mol. The molecule has 2 aromatic carbocycles. The number of nitrogens with zero attached hydrogens (tertiary/aromatic N) is 2. The van der Waals surface area contributed by atoms with Crippen molar-refractivity contribution in [1.29, 1.82) is 0 Å². The Morgan fingerprint density at radius 1 is 1.07 bits per heavy atom. The molecule has 1 fully saturated rings.